The maximum atomic E-state index is 13.1. The van der Waals surface area contributed by atoms with Crippen LogP contribution in [0, 0.1) is 13.8 Å². The molecule has 29 heavy (non-hydrogen) atoms. The van der Waals surface area contributed by atoms with Gasteiger partial charge in [0.15, 0.2) is 0 Å². The van der Waals surface area contributed by atoms with Gasteiger partial charge in [0.05, 0.1) is 17.8 Å². The molecule has 0 aliphatic carbocycles. The highest BCUT2D eigenvalue weighted by Crippen LogP contribution is 2.29. The third kappa shape index (κ3) is 4.43. The van der Waals surface area contributed by atoms with E-state index in [1.165, 1.54) is 5.56 Å². The number of nitrogens with one attached hydrogen (secondary N) is 1. The summed E-state index contributed by atoms with van der Waals surface area (Å²) < 4.78 is 7.82. The quantitative estimate of drug-likeness (QED) is 0.698. The normalized spacial score (nSPS) is 15.1. The third-order valence-corrected chi connectivity index (χ3v) is 5.39. The van der Waals surface area contributed by atoms with Gasteiger partial charge in [-0.1, -0.05) is 30.3 Å². The number of furan rings is 1. The number of carbonyl (C=O) groups is 1. The lowest BCUT2D eigenvalue weighted by atomic mass is 10.0. The van der Waals surface area contributed by atoms with Crippen molar-refractivity contribution >= 4 is 5.91 Å². The van der Waals surface area contributed by atoms with Crippen molar-refractivity contribution in [2.75, 3.05) is 6.54 Å². The fraction of sp³-hybridized carbons (Fsp3) is 0.391. The second-order valence-electron chi connectivity index (χ2n) is 7.93. The minimum Gasteiger partial charge on any atom is -0.465 e. The van der Waals surface area contributed by atoms with E-state index in [-0.39, 0.29) is 11.9 Å². The Hall–Kier alpha value is -2.86. The second-order valence-corrected chi connectivity index (χ2v) is 7.93. The zero-order chi connectivity index (χ0) is 20.4. The Balaban J connectivity index is 1.46. The molecule has 6 nitrogen and oxygen atoms in total. The van der Waals surface area contributed by atoms with Gasteiger partial charge in [-0.05, 0) is 32.4 Å². The van der Waals surface area contributed by atoms with Gasteiger partial charge in [-0.3, -0.25) is 14.4 Å². The van der Waals surface area contributed by atoms with Gasteiger partial charge in [0.25, 0.3) is 5.91 Å². The lowest BCUT2D eigenvalue weighted by Gasteiger charge is -2.26. The van der Waals surface area contributed by atoms with Gasteiger partial charge in [-0.25, -0.2) is 0 Å². The fourth-order valence-corrected chi connectivity index (χ4v) is 4.04. The summed E-state index contributed by atoms with van der Waals surface area (Å²) in [6, 6.07) is 12.4. The van der Waals surface area contributed by atoms with E-state index < -0.39 is 0 Å². The van der Waals surface area contributed by atoms with E-state index >= 15 is 0 Å². The van der Waals surface area contributed by atoms with Gasteiger partial charge in [-0.15, -0.1) is 0 Å². The van der Waals surface area contributed by atoms with Gasteiger partial charge in [0, 0.05) is 43.9 Å². The lowest BCUT2D eigenvalue weighted by Crippen LogP contribution is -2.37. The molecule has 1 unspecified atom stereocenters. The molecule has 0 saturated heterocycles. The van der Waals surface area contributed by atoms with Crippen molar-refractivity contribution in [3.63, 3.8) is 0 Å². The van der Waals surface area contributed by atoms with Crippen LogP contribution in [0.5, 0.6) is 0 Å². The van der Waals surface area contributed by atoms with Gasteiger partial charge in [-0.2, -0.15) is 5.10 Å². The highest BCUT2D eigenvalue weighted by atomic mass is 16.3. The molecule has 1 aliphatic heterocycles. The average Bonchev–Trinajstić information content (AvgIpc) is 3.23. The van der Waals surface area contributed by atoms with Crippen LogP contribution in [0.1, 0.15) is 45.6 Å². The summed E-state index contributed by atoms with van der Waals surface area (Å²) in [7, 11) is 0. The van der Waals surface area contributed by atoms with E-state index in [0.717, 1.165) is 43.1 Å². The van der Waals surface area contributed by atoms with E-state index in [4.69, 9.17) is 4.42 Å². The summed E-state index contributed by atoms with van der Waals surface area (Å²) in [5.74, 6) is 1.59. The Kier molecular flexibility index (Phi) is 5.53. The van der Waals surface area contributed by atoms with E-state index in [1.807, 2.05) is 43.8 Å². The molecule has 3 aromatic rings. The molecule has 1 amide bonds. The Morgan fingerprint density at radius 1 is 1.24 bits per heavy atom. The first-order valence-corrected chi connectivity index (χ1v) is 10.2. The molecule has 0 spiro atoms. The first-order chi connectivity index (χ1) is 14.0. The largest absolute Gasteiger partial charge is 0.465 e. The molecule has 1 aliphatic rings. The number of rotatable bonds is 6. The summed E-state index contributed by atoms with van der Waals surface area (Å²) in [5.41, 5.74) is 3.98. The second kappa shape index (κ2) is 8.25. The monoisotopic (exact) mass is 392 g/mol. The van der Waals surface area contributed by atoms with Crippen LogP contribution in [0.3, 0.4) is 0 Å². The molecule has 0 bridgehead atoms. The minimum atomic E-state index is -0.0644. The molecule has 0 fully saturated rings. The van der Waals surface area contributed by atoms with Crippen LogP contribution < -0.4 is 5.32 Å². The van der Waals surface area contributed by atoms with E-state index in [1.54, 1.807) is 0 Å². The van der Waals surface area contributed by atoms with Crippen LogP contribution in [-0.2, 0) is 26.1 Å². The molecule has 0 saturated carbocycles. The molecule has 2 aromatic heterocycles. The first-order valence-electron chi connectivity index (χ1n) is 10.2. The summed E-state index contributed by atoms with van der Waals surface area (Å²) >= 11 is 0. The number of fused-ring (bicyclic) bond motifs is 1. The van der Waals surface area contributed by atoms with Crippen molar-refractivity contribution in [3.8, 4) is 0 Å². The standard InChI is InChI=1S/C23H28N4O2/c1-16-9-12-27(25-16)13-17(2)24-23(28)22-18(3)29-21-10-11-26(15-20(21)22)14-19-7-5-4-6-8-19/h4-9,12,17H,10-11,13-15H2,1-3H3,(H,24,28). The predicted octanol–water partition coefficient (Wildman–Crippen LogP) is 3.47. The number of amides is 1. The third-order valence-electron chi connectivity index (χ3n) is 5.39. The topological polar surface area (TPSA) is 63.3 Å². The molecular formula is C23H28N4O2. The maximum Gasteiger partial charge on any atom is 0.255 e. The summed E-state index contributed by atoms with van der Waals surface area (Å²) in [6.45, 7) is 9.03. The van der Waals surface area contributed by atoms with Crippen molar-refractivity contribution in [1.29, 1.82) is 0 Å². The molecule has 0 radical (unpaired) electrons. The van der Waals surface area contributed by atoms with Crippen LogP contribution in [0.2, 0.25) is 0 Å². The number of nitrogens with zero attached hydrogens (tertiary/aromatic N) is 3. The lowest BCUT2D eigenvalue weighted by molar-refractivity contribution is 0.0932. The predicted molar refractivity (Wildman–Crippen MR) is 112 cm³/mol. The molecule has 1 aromatic carbocycles. The van der Waals surface area contributed by atoms with Crippen LogP contribution in [-0.4, -0.2) is 33.2 Å². The van der Waals surface area contributed by atoms with Crippen molar-refractivity contribution < 1.29 is 9.21 Å². The molecule has 6 heteroatoms. The Labute approximate surface area is 171 Å². The number of hydrogen-bond acceptors (Lipinski definition) is 4. The number of aryl methyl sites for hydroxylation is 2. The molecule has 1 N–H and O–H groups in total. The zero-order valence-corrected chi connectivity index (χ0v) is 17.3. The van der Waals surface area contributed by atoms with Crippen LogP contribution in [0.25, 0.3) is 0 Å². The van der Waals surface area contributed by atoms with Crippen molar-refractivity contribution in [1.82, 2.24) is 20.0 Å². The fourth-order valence-electron chi connectivity index (χ4n) is 4.04. The van der Waals surface area contributed by atoms with E-state index in [0.29, 0.717) is 17.9 Å². The van der Waals surface area contributed by atoms with Crippen molar-refractivity contribution in [2.24, 2.45) is 0 Å². The van der Waals surface area contributed by atoms with Gasteiger partial charge >= 0.3 is 0 Å². The van der Waals surface area contributed by atoms with Crippen LogP contribution >= 0.6 is 0 Å². The Morgan fingerprint density at radius 3 is 2.76 bits per heavy atom. The van der Waals surface area contributed by atoms with Gasteiger partial charge in [0.1, 0.15) is 11.5 Å². The summed E-state index contributed by atoms with van der Waals surface area (Å²) in [6.07, 6.45) is 2.77. The van der Waals surface area contributed by atoms with Crippen LogP contribution in [0.15, 0.2) is 47.0 Å². The molecular weight excluding hydrogens is 364 g/mol. The molecule has 4 rings (SSSR count). The Morgan fingerprint density at radius 2 is 2.03 bits per heavy atom. The number of benzene rings is 1. The zero-order valence-electron chi connectivity index (χ0n) is 17.3. The Bertz CT molecular complexity index is 990. The summed E-state index contributed by atoms with van der Waals surface area (Å²) in [5, 5.41) is 7.52. The van der Waals surface area contributed by atoms with E-state index in [9.17, 15) is 4.79 Å². The number of hydrogen-bond donors (Lipinski definition) is 1. The van der Waals surface area contributed by atoms with Gasteiger partial charge < -0.3 is 9.73 Å². The van der Waals surface area contributed by atoms with E-state index in [2.05, 4.69) is 39.6 Å². The minimum absolute atomic E-state index is 0.0317. The molecule has 3 heterocycles. The SMILES string of the molecule is Cc1ccn(CC(C)NC(=O)c2c(C)oc3c2CN(Cc2ccccc2)CC3)n1. The highest BCUT2D eigenvalue weighted by Gasteiger charge is 2.28. The number of aromatic nitrogens is 2. The average molecular weight is 393 g/mol. The van der Waals surface area contributed by atoms with Crippen molar-refractivity contribution in [2.45, 2.75) is 52.9 Å². The van der Waals surface area contributed by atoms with Crippen LogP contribution in [0.4, 0.5) is 0 Å². The van der Waals surface area contributed by atoms with Crippen molar-refractivity contribution in [3.05, 3.63) is 76.5 Å². The molecule has 1 atom stereocenters. The maximum absolute atomic E-state index is 13.1. The van der Waals surface area contributed by atoms with Gasteiger partial charge in [0.2, 0.25) is 0 Å². The first kappa shape index (κ1) is 19.5. The number of carbonyl (C=O) groups excluding carboxylic acids is 1. The summed E-state index contributed by atoms with van der Waals surface area (Å²) in [4.78, 5) is 15.4. The highest BCUT2D eigenvalue weighted by molar-refractivity contribution is 5.97. The smallest absolute Gasteiger partial charge is 0.255 e. The molecule has 152 valence electrons.